The van der Waals surface area contributed by atoms with Crippen LogP contribution in [0.3, 0.4) is 0 Å². The molecule has 0 spiro atoms. The highest BCUT2D eigenvalue weighted by molar-refractivity contribution is 4.97. The second-order valence-corrected chi connectivity index (χ2v) is 6.44. The Kier molecular flexibility index (Phi) is 3.60. The van der Waals surface area contributed by atoms with Gasteiger partial charge in [-0.15, -0.1) is 0 Å². The van der Waals surface area contributed by atoms with E-state index in [0.29, 0.717) is 12.1 Å². The van der Waals surface area contributed by atoms with Crippen LogP contribution in [0.15, 0.2) is 0 Å². The number of hydrogen-bond donors (Lipinski definition) is 1. The van der Waals surface area contributed by atoms with Gasteiger partial charge in [0.25, 0.3) is 0 Å². The fraction of sp³-hybridized carbons (Fsp3) is 1.00. The van der Waals surface area contributed by atoms with Gasteiger partial charge in [-0.05, 0) is 51.4 Å². The summed E-state index contributed by atoms with van der Waals surface area (Å²) in [5.41, 5.74) is 0.210. The van der Waals surface area contributed by atoms with Crippen LogP contribution in [0.1, 0.15) is 53.4 Å². The molecule has 4 unspecified atom stereocenters. The van der Waals surface area contributed by atoms with Gasteiger partial charge in [0.1, 0.15) is 0 Å². The highest BCUT2D eigenvalue weighted by Gasteiger charge is 2.39. The monoisotopic (exact) mass is 225 g/mol. The molecule has 16 heavy (non-hydrogen) atoms. The van der Waals surface area contributed by atoms with Crippen LogP contribution in [0.4, 0.5) is 0 Å². The number of rotatable bonds is 2. The SMILES string of the molecule is CC1CC(C)CC(NC2(C)CCOC2C)C1. The zero-order valence-corrected chi connectivity index (χ0v) is 11.3. The Morgan fingerprint density at radius 2 is 1.69 bits per heavy atom. The Balaban J connectivity index is 1.93. The fourth-order valence-corrected chi connectivity index (χ4v) is 3.56. The summed E-state index contributed by atoms with van der Waals surface area (Å²) in [4.78, 5) is 0. The minimum absolute atomic E-state index is 0.210. The Labute approximate surface area is 100 Å². The van der Waals surface area contributed by atoms with Crippen LogP contribution in [0.5, 0.6) is 0 Å². The zero-order valence-electron chi connectivity index (χ0n) is 11.3. The standard InChI is InChI=1S/C14H27NO/c1-10-7-11(2)9-13(8-10)15-14(4)5-6-16-12(14)3/h10-13,15H,5-9H2,1-4H3. The van der Waals surface area contributed by atoms with Crippen molar-refractivity contribution >= 4 is 0 Å². The Morgan fingerprint density at radius 3 is 2.19 bits per heavy atom. The van der Waals surface area contributed by atoms with Crippen LogP contribution >= 0.6 is 0 Å². The van der Waals surface area contributed by atoms with Crippen molar-refractivity contribution in [1.29, 1.82) is 0 Å². The van der Waals surface area contributed by atoms with Crippen LogP contribution in [-0.2, 0) is 4.74 Å². The third-order valence-electron chi connectivity index (χ3n) is 4.60. The third kappa shape index (κ3) is 2.60. The molecule has 1 saturated heterocycles. The molecule has 1 aliphatic heterocycles. The zero-order chi connectivity index (χ0) is 11.8. The summed E-state index contributed by atoms with van der Waals surface area (Å²) >= 11 is 0. The van der Waals surface area contributed by atoms with Gasteiger partial charge in [0.2, 0.25) is 0 Å². The van der Waals surface area contributed by atoms with E-state index in [1.807, 2.05) is 0 Å². The quantitative estimate of drug-likeness (QED) is 0.780. The lowest BCUT2D eigenvalue weighted by Crippen LogP contribution is -2.54. The highest BCUT2D eigenvalue weighted by atomic mass is 16.5. The maximum Gasteiger partial charge on any atom is 0.0726 e. The molecular weight excluding hydrogens is 198 g/mol. The molecule has 4 atom stereocenters. The van der Waals surface area contributed by atoms with Gasteiger partial charge in [0, 0.05) is 18.2 Å². The van der Waals surface area contributed by atoms with Gasteiger partial charge in [-0.3, -0.25) is 0 Å². The molecule has 0 bridgehead atoms. The summed E-state index contributed by atoms with van der Waals surface area (Å²) in [5.74, 6) is 1.75. The van der Waals surface area contributed by atoms with Crippen LogP contribution in [-0.4, -0.2) is 24.3 Å². The van der Waals surface area contributed by atoms with Gasteiger partial charge >= 0.3 is 0 Å². The highest BCUT2D eigenvalue weighted by Crippen LogP contribution is 2.32. The van der Waals surface area contributed by atoms with E-state index in [0.717, 1.165) is 24.9 Å². The molecule has 94 valence electrons. The minimum atomic E-state index is 0.210. The molecule has 2 rings (SSSR count). The summed E-state index contributed by atoms with van der Waals surface area (Å²) in [6, 6.07) is 0.702. The third-order valence-corrected chi connectivity index (χ3v) is 4.60. The van der Waals surface area contributed by atoms with E-state index in [4.69, 9.17) is 4.74 Å². The second kappa shape index (κ2) is 4.66. The molecule has 2 aliphatic rings. The molecule has 0 aromatic carbocycles. The predicted octanol–water partition coefficient (Wildman–Crippen LogP) is 2.97. The van der Waals surface area contributed by atoms with E-state index in [9.17, 15) is 0 Å². The summed E-state index contributed by atoms with van der Waals surface area (Å²) < 4.78 is 5.70. The summed E-state index contributed by atoms with van der Waals surface area (Å²) in [6.07, 6.45) is 5.60. The van der Waals surface area contributed by atoms with Gasteiger partial charge in [-0.1, -0.05) is 13.8 Å². The average Bonchev–Trinajstić information content (AvgIpc) is 2.44. The van der Waals surface area contributed by atoms with E-state index in [2.05, 4.69) is 33.0 Å². The molecule has 0 amide bonds. The van der Waals surface area contributed by atoms with Crippen molar-refractivity contribution in [2.24, 2.45) is 11.8 Å². The van der Waals surface area contributed by atoms with E-state index in [1.54, 1.807) is 0 Å². The van der Waals surface area contributed by atoms with Crippen molar-refractivity contribution in [3.05, 3.63) is 0 Å². The number of hydrogen-bond acceptors (Lipinski definition) is 2. The van der Waals surface area contributed by atoms with Crippen molar-refractivity contribution in [3.63, 3.8) is 0 Å². The maximum atomic E-state index is 5.70. The van der Waals surface area contributed by atoms with Crippen molar-refractivity contribution in [3.8, 4) is 0 Å². The van der Waals surface area contributed by atoms with Crippen molar-refractivity contribution in [1.82, 2.24) is 5.32 Å². The van der Waals surface area contributed by atoms with Gasteiger partial charge in [-0.2, -0.15) is 0 Å². The van der Waals surface area contributed by atoms with Crippen LogP contribution in [0.25, 0.3) is 0 Å². The fourth-order valence-electron chi connectivity index (χ4n) is 3.56. The second-order valence-electron chi connectivity index (χ2n) is 6.44. The lowest BCUT2D eigenvalue weighted by Gasteiger charge is -2.39. The number of ether oxygens (including phenoxy) is 1. The molecule has 2 nitrogen and oxygen atoms in total. The molecule has 2 fully saturated rings. The first-order valence-electron chi connectivity index (χ1n) is 6.89. The van der Waals surface area contributed by atoms with Crippen LogP contribution in [0, 0.1) is 11.8 Å². The molecule has 1 saturated carbocycles. The first-order valence-corrected chi connectivity index (χ1v) is 6.89. The largest absolute Gasteiger partial charge is 0.377 e. The van der Waals surface area contributed by atoms with Gasteiger partial charge < -0.3 is 10.1 Å². The lowest BCUT2D eigenvalue weighted by atomic mass is 9.79. The molecule has 2 heteroatoms. The Bertz CT molecular complexity index is 233. The van der Waals surface area contributed by atoms with E-state index < -0.39 is 0 Å². The van der Waals surface area contributed by atoms with Crippen LogP contribution in [0.2, 0.25) is 0 Å². The maximum absolute atomic E-state index is 5.70. The average molecular weight is 225 g/mol. The first kappa shape index (κ1) is 12.4. The van der Waals surface area contributed by atoms with E-state index in [1.165, 1.54) is 19.3 Å². The summed E-state index contributed by atoms with van der Waals surface area (Å²) in [7, 11) is 0. The summed E-state index contributed by atoms with van der Waals surface area (Å²) in [6.45, 7) is 10.2. The van der Waals surface area contributed by atoms with Crippen LogP contribution < -0.4 is 5.32 Å². The molecule has 0 aromatic rings. The van der Waals surface area contributed by atoms with E-state index in [-0.39, 0.29) is 5.54 Å². The predicted molar refractivity (Wildman–Crippen MR) is 67.5 cm³/mol. The summed E-state index contributed by atoms with van der Waals surface area (Å²) in [5, 5.41) is 3.88. The lowest BCUT2D eigenvalue weighted by molar-refractivity contribution is 0.0769. The molecule has 1 heterocycles. The van der Waals surface area contributed by atoms with Crippen molar-refractivity contribution in [2.75, 3.05) is 6.61 Å². The van der Waals surface area contributed by atoms with Gasteiger partial charge in [0.15, 0.2) is 0 Å². The van der Waals surface area contributed by atoms with Gasteiger partial charge in [-0.25, -0.2) is 0 Å². The normalized spacial score (nSPS) is 49.5. The van der Waals surface area contributed by atoms with Gasteiger partial charge in [0.05, 0.1) is 6.10 Å². The van der Waals surface area contributed by atoms with Crippen molar-refractivity contribution in [2.45, 2.75) is 71.1 Å². The molecule has 1 aliphatic carbocycles. The molecule has 1 N–H and O–H groups in total. The molecular formula is C14H27NO. The van der Waals surface area contributed by atoms with E-state index >= 15 is 0 Å². The van der Waals surface area contributed by atoms with Crippen molar-refractivity contribution < 1.29 is 4.74 Å². The minimum Gasteiger partial charge on any atom is -0.377 e. The molecule has 0 aromatic heterocycles. The first-order chi connectivity index (χ1) is 7.49. The topological polar surface area (TPSA) is 21.3 Å². The smallest absolute Gasteiger partial charge is 0.0726 e. The Hall–Kier alpha value is -0.0800. The molecule has 0 radical (unpaired) electrons. The Morgan fingerprint density at radius 1 is 1.06 bits per heavy atom. The number of nitrogens with one attached hydrogen (secondary N) is 1.